The van der Waals surface area contributed by atoms with Crippen LogP contribution in [0.1, 0.15) is 17.0 Å². The lowest BCUT2D eigenvalue weighted by molar-refractivity contribution is -0.143. The SMILES string of the molecule is Cc1nn(-c2ccccc2)c(C)c1/C=C/C(=O)OCC(=O)NCC(=O)Nc1ccc(F)c(F)c1F. The van der Waals surface area contributed by atoms with Crippen molar-refractivity contribution in [1.82, 2.24) is 15.1 Å². The average molecular weight is 486 g/mol. The van der Waals surface area contributed by atoms with E-state index in [1.165, 1.54) is 6.08 Å². The summed E-state index contributed by atoms with van der Waals surface area (Å²) in [7, 11) is 0. The molecule has 3 aromatic rings. The van der Waals surface area contributed by atoms with Gasteiger partial charge < -0.3 is 15.4 Å². The predicted molar refractivity (Wildman–Crippen MR) is 121 cm³/mol. The number of hydrogen-bond donors (Lipinski definition) is 2. The van der Waals surface area contributed by atoms with E-state index in [2.05, 4.69) is 10.4 Å². The highest BCUT2D eigenvalue weighted by molar-refractivity contribution is 5.95. The molecule has 1 heterocycles. The number of esters is 1. The van der Waals surface area contributed by atoms with E-state index in [-0.39, 0.29) is 0 Å². The zero-order chi connectivity index (χ0) is 25.5. The number of amides is 2. The number of carbonyl (C=O) groups is 3. The molecule has 0 atom stereocenters. The highest BCUT2D eigenvalue weighted by Crippen LogP contribution is 2.20. The summed E-state index contributed by atoms with van der Waals surface area (Å²) < 4.78 is 46.3. The quantitative estimate of drug-likeness (QED) is 0.289. The van der Waals surface area contributed by atoms with Crippen LogP contribution in [0.15, 0.2) is 48.5 Å². The fourth-order valence-corrected chi connectivity index (χ4v) is 3.10. The summed E-state index contributed by atoms with van der Waals surface area (Å²) in [5, 5.41) is 8.63. The minimum atomic E-state index is -1.73. The number of benzene rings is 2. The molecule has 2 N–H and O–H groups in total. The lowest BCUT2D eigenvalue weighted by atomic mass is 10.2. The standard InChI is InChI=1S/C24H21F3N4O4/c1-14-17(15(2)31(30-14)16-6-4-3-5-7-16)8-11-22(34)35-13-21(33)28-12-20(32)29-19-10-9-18(25)23(26)24(19)27/h3-11H,12-13H2,1-2H3,(H,28,33)(H,29,32)/b11-8+. The molecule has 3 rings (SSSR count). The molecule has 0 unspecified atom stereocenters. The van der Waals surface area contributed by atoms with Crippen molar-refractivity contribution in [2.24, 2.45) is 0 Å². The number of hydrogen-bond acceptors (Lipinski definition) is 5. The van der Waals surface area contributed by atoms with Crippen molar-refractivity contribution < 1.29 is 32.3 Å². The second-order valence-electron chi connectivity index (χ2n) is 7.32. The van der Waals surface area contributed by atoms with E-state index >= 15 is 0 Å². The van der Waals surface area contributed by atoms with Gasteiger partial charge in [-0.05, 0) is 44.2 Å². The molecule has 0 fully saturated rings. The molecule has 0 aliphatic carbocycles. The van der Waals surface area contributed by atoms with E-state index in [0.717, 1.165) is 29.1 Å². The molecule has 11 heteroatoms. The van der Waals surface area contributed by atoms with Crippen LogP contribution in [0.4, 0.5) is 18.9 Å². The van der Waals surface area contributed by atoms with E-state index < -0.39 is 54.1 Å². The molecule has 0 saturated heterocycles. The van der Waals surface area contributed by atoms with Gasteiger partial charge in [0.1, 0.15) is 0 Å². The molecule has 0 spiro atoms. The topological polar surface area (TPSA) is 102 Å². The normalized spacial score (nSPS) is 10.9. The molecule has 0 aliphatic rings. The Morgan fingerprint density at radius 1 is 1.00 bits per heavy atom. The van der Waals surface area contributed by atoms with Crippen LogP contribution in [0.3, 0.4) is 0 Å². The summed E-state index contributed by atoms with van der Waals surface area (Å²) in [6.45, 7) is 2.36. The smallest absolute Gasteiger partial charge is 0.331 e. The first-order chi connectivity index (χ1) is 16.7. The number of rotatable bonds is 8. The molecule has 2 aromatic carbocycles. The summed E-state index contributed by atoms with van der Waals surface area (Å²) in [6, 6.07) is 10.9. The van der Waals surface area contributed by atoms with Gasteiger partial charge in [0.05, 0.1) is 23.6 Å². The van der Waals surface area contributed by atoms with Crippen LogP contribution in [0.5, 0.6) is 0 Å². The van der Waals surface area contributed by atoms with E-state index in [0.29, 0.717) is 11.8 Å². The van der Waals surface area contributed by atoms with E-state index in [9.17, 15) is 27.6 Å². The Morgan fingerprint density at radius 3 is 2.43 bits per heavy atom. The van der Waals surface area contributed by atoms with E-state index in [1.807, 2.05) is 42.6 Å². The summed E-state index contributed by atoms with van der Waals surface area (Å²) in [6.07, 6.45) is 2.68. The third kappa shape index (κ3) is 6.34. The first-order valence-corrected chi connectivity index (χ1v) is 10.3. The number of halogens is 3. The lowest BCUT2D eigenvalue weighted by Crippen LogP contribution is -2.35. The predicted octanol–water partition coefficient (Wildman–Crippen LogP) is 3.22. The second kappa shape index (κ2) is 11.1. The third-order valence-corrected chi connectivity index (χ3v) is 4.84. The van der Waals surface area contributed by atoms with Gasteiger partial charge in [-0.3, -0.25) is 9.59 Å². The van der Waals surface area contributed by atoms with Crippen LogP contribution < -0.4 is 10.6 Å². The van der Waals surface area contributed by atoms with Crippen molar-refractivity contribution in [1.29, 1.82) is 0 Å². The van der Waals surface area contributed by atoms with Crippen molar-refractivity contribution in [2.45, 2.75) is 13.8 Å². The Kier molecular flexibility index (Phi) is 8.03. The number of ether oxygens (including phenoxy) is 1. The molecule has 1 aromatic heterocycles. The highest BCUT2D eigenvalue weighted by atomic mass is 19.2. The number of nitrogens with one attached hydrogen (secondary N) is 2. The molecule has 0 aliphatic heterocycles. The van der Waals surface area contributed by atoms with E-state index in [1.54, 1.807) is 11.6 Å². The van der Waals surface area contributed by atoms with Gasteiger partial charge >= 0.3 is 5.97 Å². The molecular formula is C24H21F3N4O4. The largest absolute Gasteiger partial charge is 0.452 e. The molecule has 0 bridgehead atoms. The van der Waals surface area contributed by atoms with Gasteiger partial charge in [-0.25, -0.2) is 22.6 Å². The van der Waals surface area contributed by atoms with Crippen molar-refractivity contribution in [3.8, 4) is 5.69 Å². The van der Waals surface area contributed by atoms with E-state index in [4.69, 9.17) is 4.74 Å². The van der Waals surface area contributed by atoms with Gasteiger partial charge in [-0.15, -0.1) is 0 Å². The van der Waals surface area contributed by atoms with Gasteiger partial charge in [-0.1, -0.05) is 18.2 Å². The van der Waals surface area contributed by atoms with Gasteiger partial charge in [0, 0.05) is 17.3 Å². The van der Waals surface area contributed by atoms with Crippen molar-refractivity contribution in [3.63, 3.8) is 0 Å². The number of aromatic nitrogens is 2. The van der Waals surface area contributed by atoms with Crippen molar-refractivity contribution >= 4 is 29.5 Å². The maximum atomic E-state index is 13.6. The van der Waals surface area contributed by atoms with Crippen LogP contribution >= 0.6 is 0 Å². The van der Waals surface area contributed by atoms with Gasteiger partial charge in [0.2, 0.25) is 5.91 Å². The fourth-order valence-electron chi connectivity index (χ4n) is 3.10. The average Bonchev–Trinajstić information content (AvgIpc) is 3.14. The summed E-state index contributed by atoms with van der Waals surface area (Å²) in [5.41, 5.74) is 2.50. The molecule has 2 amide bonds. The van der Waals surface area contributed by atoms with Crippen LogP contribution in [-0.2, 0) is 19.1 Å². The molecule has 0 radical (unpaired) electrons. The first-order valence-electron chi connectivity index (χ1n) is 10.3. The molecular weight excluding hydrogens is 465 g/mol. The Labute approximate surface area is 198 Å². The second-order valence-corrected chi connectivity index (χ2v) is 7.32. The zero-order valence-electron chi connectivity index (χ0n) is 18.8. The Hall–Kier alpha value is -4.41. The summed E-state index contributed by atoms with van der Waals surface area (Å²) in [4.78, 5) is 35.6. The highest BCUT2D eigenvalue weighted by Gasteiger charge is 2.16. The zero-order valence-corrected chi connectivity index (χ0v) is 18.8. The first kappa shape index (κ1) is 25.2. The maximum absolute atomic E-state index is 13.6. The number of aryl methyl sites for hydroxylation is 1. The van der Waals surface area contributed by atoms with Crippen molar-refractivity contribution in [3.05, 3.63) is 82.9 Å². The number of carbonyl (C=O) groups excluding carboxylic acids is 3. The third-order valence-electron chi connectivity index (χ3n) is 4.84. The molecule has 0 saturated carbocycles. The Morgan fingerprint density at radius 2 is 1.71 bits per heavy atom. The fraction of sp³-hybridized carbons (Fsp3) is 0.167. The number of anilines is 1. The Balaban J connectivity index is 1.48. The summed E-state index contributed by atoms with van der Waals surface area (Å²) in [5.74, 6) is -7.18. The Bertz CT molecular complexity index is 1290. The van der Waals surface area contributed by atoms with Gasteiger partial charge in [0.15, 0.2) is 24.1 Å². The van der Waals surface area contributed by atoms with Crippen LogP contribution in [0.2, 0.25) is 0 Å². The molecule has 182 valence electrons. The van der Waals surface area contributed by atoms with Gasteiger partial charge in [0.25, 0.3) is 5.91 Å². The molecule has 8 nitrogen and oxygen atoms in total. The number of para-hydroxylation sites is 1. The maximum Gasteiger partial charge on any atom is 0.331 e. The lowest BCUT2D eigenvalue weighted by Gasteiger charge is -2.08. The number of nitrogens with zero attached hydrogens (tertiary/aromatic N) is 2. The minimum Gasteiger partial charge on any atom is -0.452 e. The van der Waals surface area contributed by atoms with Gasteiger partial charge in [-0.2, -0.15) is 5.10 Å². The summed E-state index contributed by atoms with van der Waals surface area (Å²) >= 11 is 0. The monoisotopic (exact) mass is 486 g/mol. The van der Waals surface area contributed by atoms with Crippen LogP contribution in [-0.4, -0.2) is 40.7 Å². The van der Waals surface area contributed by atoms with Crippen molar-refractivity contribution in [2.75, 3.05) is 18.5 Å². The minimum absolute atomic E-state index is 0.583. The van der Waals surface area contributed by atoms with Crippen LogP contribution in [0, 0.1) is 31.3 Å². The van der Waals surface area contributed by atoms with Crippen LogP contribution in [0.25, 0.3) is 11.8 Å². The molecule has 35 heavy (non-hydrogen) atoms.